The van der Waals surface area contributed by atoms with Crippen LogP contribution in [0.15, 0.2) is 54.7 Å². The highest BCUT2D eigenvalue weighted by atomic mass is 16.2. The number of carbonyl (C=O) groups is 1. The van der Waals surface area contributed by atoms with Crippen molar-refractivity contribution in [3.63, 3.8) is 0 Å². The van der Waals surface area contributed by atoms with Gasteiger partial charge < -0.3 is 10.6 Å². The molecule has 0 bridgehead atoms. The van der Waals surface area contributed by atoms with Crippen molar-refractivity contribution >= 4 is 22.9 Å². The number of aryl methyl sites for hydroxylation is 1. The van der Waals surface area contributed by atoms with Crippen LogP contribution in [0.25, 0.3) is 5.57 Å². The molecule has 1 aliphatic heterocycles. The Bertz CT molecular complexity index is 674. The molecule has 94 valence electrons. The Balaban J connectivity index is 1.90. The SMILES string of the molecule is Cc1cccc(N/C=C2\C(=O)Nc3ccccc32)c1. The number of anilines is 2. The number of hydrogen-bond donors (Lipinski definition) is 2. The summed E-state index contributed by atoms with van der Waals surface area (Å²) < 4.78 is 0. The summed E-state index contributed by atoms with van der Waals surface area (Å²) in [5.41, 5.74) is 4.62. The molecule has 0 spiro atoms. The molecule has 2 aromatic carbocycles. The first-order valence-electron chi connectivity index (χ1n) is 6.18. The predicted octanol–water partition coefficient (Wildman–Crippen LogP) is 3.40. The molecule has 0 aliphatic carbocycles. The van der Waals surface area contributed by atoms with Crippen LogP contribution in [-0.4, -0.2) is 5.91 Å². The first-order valence-corrected chi connectivity index (χ1v) is 6.18. The molecule has 1 heterocycles. The highest BCUT2D eigenvalue weighted by Crippen LogP contribution is 2.31. The molecule has 2 N–H and O–H groups in total. The third-order valence-corrected chi connectivity index (χ3v) is 3.11. The van der Waals surface area contributed by atoms with Gasteiger partial charge in [-0.05, 0) is 30.7 Å². The molecular formula is C16H14N2O. The van der Waals surface area contributed by atoms with E-state index in [0.717, 1.165) is 16.9 Å². The summed E-state index contributed by atoms with van der Waals surface area (Å²) in [6.07, 6.45) is 1.76. The van der Waals surface area contributed by atoms with Crippen molar-refractivity contribution in [2.24, 2.45) is 0 Å². The summed E-state index contributed by atoms with van der Waals surface area (Å²) in [4.78, 5) is 11.9. The monoisotopic (exact) mass is 250 g/mol. The highest BCUT2D eigenvalue weighted by molar-refractivity contribution is 6.31. The van der Waals surface area contributed by atoms with Gasteiger partial charge in [0.2, 0.25) is 0 Å². The normalized spacial score (nSPS) is 15.2. The van der Waals surface area contributed by atoms with Crippen molar-refractivity contribution in [3.05, 3.63) is 65.9 Å². The lowest BCUT2D eigenvalue weighted by atomic mass is 10.1. The van der Waals surface area contributed by atoms with E-state index in [-0.39, 0.29) is 5.91 Å². The van der Waals surface area contributed by atoms with E-state index < -0.39 is 0 Å². The molecule has 0 saturated heterocycles. The van der Waals surface area contributed by atoms with E-state index in [2.05, 4.69) is 10.6 Å². The van der Waals surface area contributed by atoms with E-state index in [4.69, 9.17) is 0 Å². The second kappa shape index (κ2) is 4.61. The predicted molar refractivity (Wildman–Crippen MR) is 77.9 cm³/mol. The topological polar surface area (TPSA) is 41.1 Å². The molecule has 19 heavy (non-hydrogen) atoms. The highest BCUT2D eigenvalue weighted by Gasteiger charge is 2.23. The average molecular weight is 250 g/mol. The fourth-order valence-corrected chi connectivity index (χ4v) is 2.17. The minimum absolute atomic E-state index is 0.0682. The Hall–Kier alpha value is -2.55. The lowest BCUT2D eigenvalue weighted by Gasteiger charge is -2.03. The molecule has 1 amide bonds. The number of rotatable bonds is 2. The second-order valence-electron chi connectivity index (χ2n) is 4.57. The van der Waals surface area contributed by atoms with Gasteiger partial charge in [0.05, 0.1) is 5.57 Å². The third kappa shape index (κ3) is 2.22. The Labute approximate surface area is 112 Å². The molecule has 3 nitrogen and oxygen atoms in total. The zero-order valence-corrected chi connectivity index (χ0v) is 10.6. The zero-order valence-electron chi connectivity index (χ0n) is 10.6. The third-order valence-electron chi connectivity index (χ3n) is 3.11. The molecule has 0 radical (unpaired) electrons. The number of nitrogens with one attached hydrogen (secondary N) is 2. The maximum atomic E-state index is 11.9. The summed E-state index contributed by atoms with van der Waals surface area (Å²) in [6, 6.07) is 15.7. The van der Waals surface area contributed by atoms with Gasteiger partial charge in [0, 0.05) is 23.1 Å². The fraction of sp³-hybridized carbons (Fsp3) is 0.0625. The number of carbonyl (C=O) groups excluding carboxylic acids is 1. The fourth-order valence-electron chi connectivity index (χ4n) is 2.17. The summed E-state index contributed by atoms with van der Waals surface area (Å²) in [6.45, 7) is 2.04. The van der Waals surface area contributed by atoms with Crippen molar-refractivity contribution in [2.45, 2.75) is 6.92 Å². The molecular weight excluding hydrogens is 236 g/mol. The maximum Gasteiger partial charge on any atom is 0.257 e. The van der Waals surface area contributed by atoms with Crippen molar-refractivity contribution in [1.29, 1.82) is 0 Å². The molecule has 2 aromatic rings. The van der Waals surface area contributed by atoms with E-state index in [1.807, 2.05) is 55.5 Å². The van der Waals surface area contributed by atoms with Gasteiger partial charge in [-0.3, -0.25) is 4.79 Å². The molecule has 0 atom stereocenters. The zero-order chi connectivity index (χ0) is 13.2. The standard InChI is InChI=1S/C16H14N2O/c1-11-5-4-6-12(9-11)17-10-14-13-7-2-3-8-15(13)18-16(14)19/h2-10,17H,1H3,(H,18,19)/b14-10-. The smallest absolute Gasteiger partial charge is 0.257 e. The first-order chi connectivity index (χ1) is 9.24. The molecule has 0 aromatic heterocycles. The van der Waals surface area contributed by atoms with Crippen LogP contribution in [0.2, 0.25) is 0 Å². The van der Waals surface area contributed by atoms with Gasteiger partial charge in [-0.25, -0.2) is 0 Å². The van der Waals surface area contributed by atoms with Crippen LogP contribution in [0.5, 0.6) is 0 Å². The van der Waals surface area contributed by atoms with E-state index >= 15 is 0 Å². The van der Waals surface area contributed by atoms with Crippen LogP contribution in [0.1, 0.15) is 11.1 Å². The molecule has 3 heteroatoms. The van der Waals surface area contributed by atoms with Crippen LogP contribution in [0.4, 0.5) is 11.4 Å². The van der Waals surface area contributed by atoms with Gasteiger partial charge in [-0.15, -0.1) is 0 Å². The number of fused-ring (bicyclic) bond motifs is 1. The minimum atomic E-state index is -0.0682. The van der Waals surface area contributed by atoms with Crippen LogP contribution < -0.4 is 10.6 Å². The molecule has 0 saturated carbocycles. The van der Waals surface area contributed by atoms with E-state index in [1.165, 1.54) is 5.56 Å². The Morgan fingerprint density at radius 2 is 1.95 bits per heavy atom. The van der Waals surface area contributed by atoms with E-state index in [0.29, 0.717) is 5.57 Å². The Morgan fingerprint density at radius 3 is 2.79 bits per heavy atom. The van der Waals surface area contributed by atoms with E-state index in [9.17, 15) is 4.79 Å². The van der Waals surface area contributed by atoms with Gasteiger partial charge in [0.25, 0.3) is 5.91 Å². The van der Waals surface area contributed by atoms with Gasteiger partial charge >= 0.3 is 0 Å². The van der Waals surface area contributed by atoms with Crippen molar-refractivity contribution < 1.29 is 4.79 Å². The number of para-hydroxylation sites is 1. The van der Waals surface area contributed by atoms with Gasteiger partial charge in [-0.2, -0.15) is 0 Å². The summed E-state index contributed by atoms with van der Waals surface area (Å²) >= 11 is 0. The largest absolute Gasteiger partial charge is 0.361 e. The Morgan fingerprint density at radius 1 is 1.11 bits per heavy atom. The lowest BCUT2D eigenvalue weighted by Crippen LogP contribution is -2.05. The summed E-state index contributed by atoms with van der Waals surface area (Å²) in [5, 5.41) is 6.02. The van der Waals surface area contributed by atoms with Crippen molar-refractivity contribution in [1.82, 2.24) is 0 Å². The molecule has 1 aliphatic rings. The quantitative estimate of drug-likeness (QED) is 0.802. The number of hydrogen-bond acceptors (Lipinski definition) is 2. The Kier molecular flexibility index (Phi) is 2.80. The van der Waals surface area contributed by atoms with Crippen LogP contribution in [-0.2, 0) is 4.79 Å². The summed E-state index contributed by atoms with van der Waals surface area (Å²) in [7, 11) is 0. The molecule has 0 fully saturated rings. The maximum absolute atomic E-state index is 11.9. The lowest BCUT2D eigenvalue weighted by molar-refractivity contribution is -0.110. The average Bonchev–Trinajstić information content (AvgIpc) is 2.72. The molecule has 0 unspecified atom stereocenters. The van der Waals surface area contributed by atoms with Crippen LogP contribution in [0, 0.1) is 6.92 Å². The van der Waals surface area contributed by atoms with Gasteiger partial charge in [-0.1, -0.05) is 30.3 Å². The van der Waals surface area contributed by atoms with Crippen molar-refractivity contribution in [2.75, 3.05) is 10.6 Å². The van der Waals surface area contributed by atoms with Gasteiger partial charge in [0.1, 0.15) is 0 Å². The van der Waals surface area contributed by atoms with E-state index in [1.54, 1.807) is 6.20 Å². The molecule has 3 rings (SSSR count). The summed E-state index contributed by atoms with van der Waals surface area (Å²) in [5.74, 6) is -0.0682. The van der Waals surface area contributed by atoms with Crippen molar-refractivity contribution in [3.8, 4) is 0 Å². The first kappa shape index (κ1) is 11.5. The number of benzene rings is 2. The second-order valence-corrected chi connectivity index (χ2v) is 4.57. The van der Waals surface area contributed by atoms with Crippen LogP contribution in [0.3, 0.4) is 0 Å². The number of amides is 1. The van der Waals surface area contributed by atoms with Gasteiger partial charge in [0.15, 0.2) is 0 Å². The minimum Gasteiger partial charge on any atom is -0.361 e. The van der Waals surface area contributed by atoms with Crippen LogP contribution >= 0.6 is 0 Å².